The van der Waals surface area contributed by atoms with Crippen molar-refractivity contribution >= 4 is 17.9 Å². The van der Waals surface area contributed by atoms with Gasteiger partial charge in [-0.15, -0.1) is 6.42 Å². The Morgan fingerprint density at radius 1 is 1.48 bits per heavy atom. The second-order valence-corrected chi connectivity index (χ2v) is 6.42. The summed E-state index contributed by atoms with van der Waals surface area (Å²) < 4.78 is 5.20. The number of ether oxygens (including phenoxy) is 1. The minimum Gasteiger partial charge on any atom is -0.443 e. The second-order valence-electron chi connectivity index (χ2n) is 6.42. The van der Waals surface area contributed by atoms with E-state index in [9.17, 15) is 14.4 Å². The molecule has 0 aromatic heterocycles. The van der Waals surface area contributed by atoms with E-state index in [1.807, 2.05) is 32.9 Å². The normalized spacial score (nSPS) is 25.8. The maximum absolute atomic E-state index is 12.2. The standard InChI is InChI=1S/C17H22N2O4/c1-5-7-8-12-14(17(12,3)4)15(21)23-11-19-13(20)10-18(9-6-2)16(19)22/h2,7-8,12,14H,5,9-11H2,1,3-4H3/b8-7-/t12-,14+/m1/s1. The van der Waals surface area contributed by atoms with Crippen LogP contribution in [-0.2, 0) is 14.3 Å². The average molecular weight is 318 g/mol. The topological polar surface area (TPSA) is 66.9 Å². The van der Waals surface area contributed by atoms with Crippen molar-refractivity contribution in [2.45, 2.75) is 27.2 Å². The first-order valence-corrected chi connectivity index (χ1v) is 7.70. The van der Waals surface area contributed by atoms with Gasteiger partial charge in [0.2, 0.25) is 0 Å². The summed E-state index contributed by atoms with van der Waals surface area (Å²) in [5, 5.41) is 0. The van der Waals surface area contributed by atoms with E-state index >= 15 is 0 Å². The highest BCUT2D eigenvalue weighted by molar-refractivity contribution is 6.02. The Hall–Kier alpha value is -2.29. The van der Waals surface area contributed by atoms with E-state index in [0.29, 0.717) is 0 Å². The molecule has 1 aliphatic heterocycles. The zero-order valence-corrected chi connectivity index (χ0v) is 13.7. The van der Waals surface area contributed by atoms with E-state index in [0.717, 1.165) is 11.3 Å². The summed E-state index contributed by atoms with van der Waals surface area (Å²) in [4.78, 5) is 38.1. The number of amides is 3. The smallest absolute Gasteiger partial charge is 0.330 e. The number of carbonyl (C=O) groups excluding carboxylic acids is 3. The molecule has 23 heavy (non-hydrogen) atoms. The molecule has 0 spiro atoms. The lowest BCUT2D eigenvalue weighted by molar-refractivity contribution is -0.151. The number of hydrogen-bond donors (Lipinski definition) is 0. The predicted octanol–water partition coefficient (Wildman–Crippen LogP) is 1.62. The van der Waals surface area contributed by atoms with Crippen LogP contribution in [0.15, 0.2) is 12.2 Å². The molecule has 2 atom stereocenters. The fraction of sp³-hybridized carbons (Fsp3) is 0.588. The van der Waals surface area contributed by atoms with E-state index in [1.54, 1.807) is 0 Å². The van der Waals surface area contributed by atoms with Crippen LogP contribution in [0.1, 0.15) is 27.2 Å². The zero-order valence-electron chi connectivity index (χ0n) is 13.7. The van der Waals surface area contributed by atoms with Crippen molar-refractivity contribution in [3.05, 3.63) is 12.2 Å². The van der Waals surface area contributed by atoms with Gasteiger partial charge in [-0.05, 0) is 17.8 Å². The number of nitrogens with zero attached hydrogens (tertiary/aromatic N) is 2. The molecule has 2 rings (SSSR count). The van der Waals surface area contributed by atoms with Crippen molar-refractivity contribution < 1.29 is 19.1 Å². The number of imide groups is 1. The van der Waals surface area contributed by atoms with Gasteiger partial charge in [0.05, 0.1) is 12.5 Å². The highest BCUT2D eigenvalue weighted by atomic mass is 16.5. The molecule has 2 fully saturated rings. The summed E-state index contributed by atoms with van der Waals surface area (Å²) >= 11 is 0. The van der Waals surface area contributed by atoms with E-state index in [-0.39, 0.29) is 43.0 Å². The van der Waals surface area contributed by atoms with Gasteiger partial charge in [0.25, 0.3) is 5.91 Å². The van der Waals surface area contributed by atoms with Gasteiger partial charge >= 0.3 is 12.0 Å². The van der Waals surface area contributed by atoms with Crippen molar-refractivity contribution in [3.63, 3.8) is 0 Å². The lowest BCUT2D eigenvalue weighted by atomic mass is 10.1. The third-order valence-electron chi connectivity index (χ3n) is 4.49. The molecule has 1 saturated carbocycles. The van der Waals surface area contributed by atoms with E-state index in [4.69, 9.17) is 11.2 Å². The number of allylic oxidation sites excluding steroid dienone is 2. The van der Waals surface area contributed by atoms with E-state index in [2.05, 4.69) is 5.92 Å². The minimum atomic E-state index is -0.516. The fourth-order valence-corrected chi connectivity index (χ4v) is 2.94. The summed E-state index contributed by atoms with van der Waals surface area (Å²) in [5.41, 5.74) is -0.155. The molecule has 0 aromatic carbocycles. The highest BCUT2D eigenvalue weighted by Gasteiger charge is 2.61. The lowest BCUT2D eigenvalue weighted by Crippen LogP contribution is -2.36. The van der Waals surface area contributed by atoms with Crippen LogP contribution < -0.4 is 0 Å². The van der Waals surface area contributed by atoms with Crippen molar-refractivity contribution in [2.75, 3.05) is 19.8 Å². The molecular weight excluding hydrogens is 296 g/mol. The second kappa shape index (κ2) is 6.45. The maximum atomic E-state index is 12.2. The summed E-state index contributed by atoms with van der Waals surface area (Å²) in [7, 11) is 0. The Labute approximate surface area is 136 Å². The molecule has 1 aliphatic carbocycles. The average Bonchev–Trinajstić information content (AvgIpc) is 2.93. The maximum Gasteiger partial charge on any atom is 0.330 e. The van der Waals surface area contributed by atoms with Gasteiger partial charge in [0.1, 0.15) is 6.54 Å². The molecule has 3 amide bonds. The summed E-state index contributed by atoms with van der Waals surface area (Å²) in [5.74, 6) is 1.44. The summed E-state index contributed by atoms with van der Waals surface area (Å²) in [6.07, 6.45) is 10.1. The van der Waals surface area contributed by atoms with Crippen molar-refractivity contribution in [1.82, 2.24) is 9.80 Å². The molecule has 6 heteroatoms. The third-order valence-corrected chi connectivity index (χ3v) is 4.49. The van der Waals surface area contributed by atoms with Gasteiger partial charge in [0.15, 0.2) is 6.73 Å². The Balaban J connectivity index is 1.91. The molecule has 2 aliphatic rings. The molecule has 1 heterocycles. The van der Waals surface area contributed by atoms with E-state index in [1.165, 1.54) is 4.90 Å². The van der Waals surface area contributed by atoms with Crippen LogP contribution in [0.4, 0.5) is 4.79 Å². The number of hydrogen-bond acceptors (Lipinski definition) is 4. The first-order valence-electron chi connectivity index (χ1n) is 7.70. The number of rotatable bonds is 6. The summed E-state index contributed by atoms with van der Waals surface area (Å²) in [6, 6.07) is -0.516. The van der Waals surface area contributed by atoms with Crippen LogP contribution in [0.3, 0.4) is 0 Å². The van der Waals surface area contributed by atoms with E-state index < -0.39 is 11.9 Å². The molecule has 0 N–H and O–H groups in total. The molecule has 6 nitrogen and oxygen atoms in total. The van der Waals surface area contributed by atoms with Gasteiger partial charge in [-0.25, -0.2) is 9.69 Å². The van der Waals surface area contributed by atoms with Crippen LogP contribution >= 0.6 is 0 Å². The number of terminal acetylenes is 1. The molecule has 0 bridgehead atoms. The highest BCUT2D eigenvalue weighted by Crippen LogP contribution is 2.59. The monoisotopic (exact) mass is 318 g/mol. The number of esters is 1. The van der Waals surface area contributed by atoms with Crippen LogP contribution in [0.5, 0.6) is 0 Å². The molecular formula is C17H22N2O4. The van der Waals surface area contributed by atoms with Crippen molar-refractivity contribution in [3.8, 4) is 12.3 Å². The van der Waals surface area contributed by atoms with Gasteiger partial charge in [0, 0.05) is 0 Å². The third kappa shape index (κ3) is 3.24. The Bertz CT molecular complexity index is 588. The SMILES string of the molecule is C#CCN1CC(=O)N(COC(=O)[C@@H]2[C@@H](/C=C\CC)C2(C)C)C1=O. The van der Waals surface area contributed by atoms with Crippen LogP contribution in [-0.4, -0.2) is 47.5 Å². The molecule has 1 saturated heterocycles. The Morgan fingerprint density at radius 2 is 2.17 bits per heavy atom. The van der Waals surface area contributed by atoms with Crippen LogP contribution in [0.25, 0.3) is 0 Å². The van der Waals surface area contributed by atoms with Crippen LogP contribution in [0, 0.1) is 29.6 Å². The molecule has 124 valence electrons. The largest absolute Gasteiger partial charge is 0.443 e. The predicted molar refractivity (Wildman–Crippen MR) is 83.8 cm³/mol. The fourth-order valence-electron chi connectivity index (χ4n) is 2.94. The van der Waals surface area contributed by atoms with Gasteiger partial charge in [-0.2, -0.15) is 0 Å². The Morgan fingerprint density at radius 3 is 2.78 bits per heavy atom. The lowest BCUT2D eigenvalue weighted by Gasteiger charge is -2.15. The van der Waals surface area contributed by atoms with Crippen molar-refractivity contribution in [2.24, 2.45) is 17.3 Å². The minimum absolute atomic E-state index is 0.0641. The molecule has 0 radical (unpaired) electrons. The van der Waals surface area contributed by atoms with Gasteiger partial charge < -0.3 is 9.64 Å². The number of carbonyl (C=O) groups is 3. The zero-order chi connectivity index (χ0) is 17.2. The molecule has 0 aromatic rings. The van der Waals surface area contributed by atoms with Crippen molar-refractivity contribution in [1.29, 1.82) is 0 Å². The molecule has 0 unspecified atom stereocenters. The first kappa shape index (κ1) is 17.1. The van der Waals surface area contributed by atoms with Gasteiger partial charge in [-0.1, -0.05) is 38.8 Å². The quantitative estimate of drug-likeness (QED) is 0.323. The number of urea groups is 1. The van der Waals surface area contributed by atoms with Crippen LogP contribution in [0.2, 0.25) is 0 Å². The Kier molecular flexibility index (Phi) is 4.79. The summed E-state index contributed by atoms with van der Waals surface area (Å²) in [6.45, 7) is 5.68. The first-order chi connectivity index (χ1) is 10.8. The van der Waals surface area contributed by atoms with Gasteiger partial charge in [-0.3, -0.25) is 9.59 Å².